The number of carbonyl (C=O) groups is 1. The maximum absolute atomic E-state index is 13.3. The van der Waals surface area contributed by atoms with Gasteiger partial charge in [-0.25, -0.2) is 0 Å². The minimum atomic E-state index is -4.68. The van der Waals surface area contributed by atoms with E-state index < -0.39 is 22.4 Å². The Hall–Kier alpha value is -3.65. The van der Waals surface area contributed by atoms with Gasteiger partial charge in [0.25, 0.3) is 5.69 Å². The zero-order valence-corrected chi connectivity index (χ0v) is 19.1. The number of hydrogen-bond donors (Lipinski definition) is 0. The van der Waals surface area contributed by atoms with Crippen LogP contribution < -0.4 is 4.90 Å². The molecule has 0 aromatic heterocycles. The molecule has 1 saturated heterocycles. The molecule has 2 aromatic rings. The number of nitrogens with zero attached hydrogens (tertiary/aromatic N) is 4. The van der Waals surface area contributed by atoms with Gasteiger partial charge in [0, 0.05) is 45.3 Å². The number of rotatable bonds is 8. The summed E-state index contributed by atoms with van der Waals surface area (Å²) < 4.78 is 44.1. The van der Waals surface area contributed by atoms with E-state index in [0.717, 1.165) is 17.7 Å². The van der Waals surface area contributed by atoms with Crippen LogP contribution in [0.2, 0.25) is 0 Å². The third-order valence-electron chi connectivity index (χ3n) is 6.02. The van der Waals surface area contributed by atoms with Crippen LogP contribution in [0, 0.1) is 27.4 Å². The predicted molar refractivity (Wildman–Crippen MR) is 121 cm³/mol. The molecule has 0 radical (unpaired) electrons. The fourth-order valence-corrected chi connectivity index (χ4v) is 4.11. The number of alkyl halides is 3. The van der Waals surface area contributed by atoms with E-state index >= 15 is 0 Å². The highest BCUT2D eigenvalue weighted by Crippen LogP contribution is 2.37. The van der Waals surface area contributed by atoms with Gasteiger partial charge >= 0.3 is 6.18 Å². The molecule has 1 aliphatic rings. The van der Waals surface area contributed by atoms with Gasteiger partial charge < -0.3 is 14.5 Å². The lowest BCUT2D eigenvalue weighted by Gasteiger charge is -2.35. The molecule has 0 unspecified atom stereocenters. The van der Waals surface area contributed by atoms with Crippen LogP contribution in [0.1, 0.15) is 29.5 Å². The van der Waals surface area contributed by atoms with E-state index in [1.54, 1.807) is 41.2 Å². The van der Waals surface area contributed by atoms with E-state index in [0.29, 0.717) is 57.3 Å². The summed E-state index contributed by atoms with van der Waals surface area (Å²) >= 11 is 0. The molecule has 1 heterocycles. The molecule has 35 heavy (non-hydrogen) atoms. The molecule has 3 rings (SSSR count). The molecule has 0 N–H and O–H groups in total. The maximum atomic E-state index is 13.3. The SMILES string of the molecule is COCCN(Cc1ccc(C#N)cc1)C(=O)C1CCN(c2ccc(C(F)(F)F)cc2[N+](=O)[O-])CC1. The van der Waals surface area contributed by atoms with E-state index in [9.17, 15) is 28.1 Å². The van der Waals surface area contributed by atoms with Crippen molar-refractivity contribution in [2.24, 2.45) is 5.92 Å². The smallest absolute Gasteiger partial charge is 0.383 e. The van der Waals surface area contributed by atoms with Crippen LogP contribution in [0.4, 0.5) is 24.5 Å². The normalized spacial score (nSPS) is 14.4. The minimum absolute atomic E-state index is 0.0759. The number of halogens is 3. The highest BCUT2D eigenvalue weighted by molar-refractivity contribution is 5.79. The minimum Gasteiger partial charge on any atom is -0.383 e. The number of nitriles is 1. The summed E-state index contributed by atoms with van der Waals surface area (Å²) in [6.07, 6.45) is -3.86. The predicted octanol–water partition coefficient (Wildman–Crippen LogP) is 4.38. The van der Waals surface area contributed by atoms with Crippen molar-refractivity contribution in [1.82, 2.24) is 4.90 Å². The summed E-state index contributed by atoms with van der Waals surface area (Å²) in [7, 11) is 1.54. The molecule has 0 saturated carbocycles. The van der Waals surface area contributed by atoms with Crippen molar-refractivity contribution in [2.45, 2.75) is 25.6 Å². The number of benzene rings is 2. The summed E-state index contributed by atoms with van der Waals surface area (Å²) in [5.74, 6) is -0.400. The average Bonchev–Trinajstić information content (AvgIpc) is 2.85. The first-order valence-corrected chi connectivity index (χ1v) is 11.0. The molecule has 0 atom stereocenters. The molecular formula is C24H25F3N4O4. The molecular weight excluding hydrogens is 465 g/mol. The largest absolute Gasteiger partial charge is 0.416 e. The van der Waals surface area contributed by atoms with Gasteiger partial charge in [-0.2, -0.15) is 18.4 Å². The molecule has 0 aliphatic carbocycles. The van der Waals surface area contributed by atoms with Gasteiger partial charge in [-0.15, -0.1) is 0 Å². The number of piperidine rings is 1. The zero-order chi connectivity index (χ0) is 25.6. The van der Waals surface area contributed by atoms with Gasteiger partial charge in [-0.3, -0.25) is 14.9 Å². The molecule has 0 bridgehead atoms. The summed E-state index contributed by atoms with van der Waals surface area (Å²) in [4.78, 5) is 27.2. The van der Waals surface area contributed by atoms with Gasteiger partial charge in [0.05, 0.1) is 28.7 Å². The van der Waals surface area contributed by atoms with Crippen molar-refractivity contribution in [1.29, 1.82) is 5.26 Å². The van der Waals surface area contributed by atoms with Crippen LogP contribution in [0.5, 0.6) is 0 Å². The van der Waals surface area contributed by atoms with Gasteiger partial charge in [-0.05, 0) is 42.7 Å². The van der Waals surface area contributed by atoms with Crippen LogP contribution >= 0.6 is 0 Å². The first kappa shape index (κ1) is 26.0. The van der Waals surface area contributed by atoms with Gasteiger partial charge in [0.15, 0.2) is 0 Å². The third-order valence-corrected chi connectivity index (χ3v) is 6.02. The first-order chi connectivity index (χ1) is 16.6. The second-order valence-corrected chi connectivity index (χ2v) is 8.28. The number of nitro benzene ring substituents is 1. The molecule has 0 spiro atoms. The van der Waals surface area contributed by atoms with Crippen LogP contribution in [-0.4, -0.2) is 49.1 Å². The Bertz CT molecular complexity index is 1090. The highest BCUT2D eigenvalue weighted by Gasteiger charge is 2.35. The lowest BCUT2D eigenvalue weighted by Crippen LogP contribution is -2.43. The molecule has 186 valence electrons. The lowest BCUT2D eigenvalue weighted by molar-refractivity contribution is -0.384. The monoisotopic (exact) mass is 490 g/mol. The number of hydrogen-bond acceptors (Lipinski definition) is 6. The Labute approximate surface area is 200 Å². The first-order valence-electron chi connectivity index (χ1n) is 11.0. The average molecular weight is 490 g/mol. The summed E-state index contributed by atoms with van der Waals surface area (Å²) in [5.41, 5.74) is -0.177. The van der Waals surface area contributed by atoms with E-state index in [2.05, 4.69) is 6.07 Å². The van der Waals surface area contributed by atoms with Crippen LogP contribution in [0.15, 0.2) is 42.5 Å². The molecule has 1 amide bonds. The Morgan fingerprint density at radius 3 is 2.43 bits per heavy atom. The Morgan fingerprint density at radius 1 is 1.23 bits per heavy atom. The Balaban J connectivity index is 1.70. The second kappa shape index (κ2) is 11.2. The van der Waals surface area contributed by atoms with E-state index in [1.807, 2.05) is 0 Å². The molecule has 11 heteroatoms. The summed E-state index contributed by atoms with van der Waals surface area (Å²) in [6.45, 7) is 1.67. The second-order valence-electron chi connectivity index (χ2n) is 8.28. The fourth-order valence-electron chi connectivity index (χ4n) is 4.11. The van der Waals surface area contributed by atoms with Crippen molar-refractivity contribution >= 4 is 17.3 Å². The quantitative estimate of drug-likeness (QED) is 0.402. The molecule has 1 fully saturated rings. The standard InChI is InChI=1S/C24H25F3N4O4/c1-35-13-12-30(16-18-4-2-17(15-28)3-5-18)23(32)19-8-10-29(11-9-19)21-7-6-20(24(25,26)27)14-22(21)31(33)34/h2-7,14,19H,8-13,16H2,1H3. The summed E-state index contributed by atoms with van der Waals surface area (Å²) in [5, 5.41) is 20.4. The van der Waals surface area contributed by atoms with Crippen molar-refractivity contribution in [3.8, 4) is 6.07 Å². The third kappa shape index (κ3) is 6.48. The van der Waals surface area contributed by atoms with Crippen LogP contribution in [-0.2, 0) is 22.3 Å². The molecule has 8 nitrogen and oxygen atoms in total. The summed E-state index contributed by atoms with van der Waals surface area (Å²) in [6, 6.07) is 11.5. The fraction of sp³-hybridized carbons (Fsp3) is 0.417. The topological polar surface area (TPSA) is 99.7 Å². The molecule has 1 aliphatic heterocycles. The van der Waals surface area contributed by atoms with Gasteiger partial charge in [0.1, 0.15) is 5.69 Å². The molecule has 2 aromatic carbocycles. The number of ether oxygens (including phenoxy) is 1. The number of methoxy groups -OCH3 is 1. The van der Waals surface area contributed by atoms with Crippen molar-refractivity contribution in [2.75, 3.05) is 38.3 Å². The van der Waals surface area contributed by atoms with E-state index in [-0.39, 0.29) is 17.5 Å². The number of carbonyl (C=O) groups excluding carboxylic acids is 1. The number of nitro groups is 1. The Kier molecular flexibility index (Phi) is 8.30. The number of anilines is 1. The van der Waals surface area contributed by atoms with Gasteiger partial charge in [0.2, 0.25) is 5.91 Å². The van der Waals surface area contributed by atoms with E-state index in [4.69, 9.17) is 10.00 Å². The number of amides is 1. The van der Waals surface area contributed by atoms with Crippen molar-refractivity contribution < 1.29 is 27.6 Å². The van der Waals surface area contributed by atoms with Gasteiger partial charge in [-0.1, -0.05) is 12.1 Å². The van der Waals surface area contributed by atoms with Crippen LogP contribution in [0.3, 0.4) is 0 Å². The van der Waals surface area contributed by atoms with Crippen LogP contribution in [0.25, 0.3) is 0 Å². The Morgan fingerprint density at radius 2 is 1.89 bits per heavy atom. The zero-order valence-electron chi connectivity index (χ0n) is 19.1. The van der Waals surface area contributed by atoms with Crippen molar-refractivity contribution in [3.63, 3.8) is 0 Å². The lowest BCUT2D eigenvalue weighted by atomic mass is 9.94. The van der Waals surface area contributed by atoms with E-state index in [1.165, 1.54) is 0 Å². The highest BCUT2D eigenvalue weighted by atomic mass is 19.4. The van der Waals surface area contributed by atoms with Crippen molar-refractivity contribution in [3.05, 3.63) is 69.3 Å². The maximum Gasteiger partial charge on any atom is 0.416 e.